The van der Waals surface area contributed by atoms with E-state index >= 15 is 0 Å². The van der Waals surface area contributed by atoms with Crippen molar-refractivity contribution in [2.45, 2.75) is 39.2 Å². The van der Waals surface area contributed by atoms with E-state index in [-0.39, 0.29) is 0 Å². The maximum atomic E-state index is 5.04. The fourth-order valence-electron chi connectivity index (χ4n) is 2.41. The smallest absolute Gasteiger partial charge is 0.0587 e. The van der Waals surface area contributed by atoms with Crippen molar-refractivity contribution in [3.63, 3.8) is 0 Å². The Kier molecular flexibility index (Phi) is 4.74. The molecule has 0 saturated heterocycles. The molecular formula is C11H23NO. The molecule has 0 radical (unpaired) electrons. The molecule has 1 N–H and O–H groups in total. The first-order valence-electron chi connectivity index (χ1n) is 5.48. The Labute approximate surface area is 82.0 Å². The Morgan fingerprint density at radius 2 is 1.85 bits per heavy atom. The van der Waals surface area contributed by atoms with Crippen LogP contribution in [0.15, 0.2) is 0 Å². The predicted molar refractivity (Wildman–Crippen MR) is 55.8 cm³/mol. The summed E-state index contributed by atoms with van der Waals surface area (Å²) >= 11 is 0. The third-order valence-corrected chi connectivity index (χ3v) is 3.23. The normalized spacial score (nSPS) is 30.7. The van der Waals surface area contributed by atoms with Crippen molar-refractivity contribution in [3.8, 4) is 0 Å². The van der Waals surface area contributed by atoms with Crippen LogP contribution in [0.5, 0.6) is 0 Å². The molecular weight excluding hydrogens is 162 g/mol. The molecule has 2 atom stereocenters. The van der Waals surface area contributed by atoms with Crippen LogP contribution in [0, 0.1) is 11.8 Å². The van der Waals surface area contributed by atoms with Gasteiger partial charge in [-0.2, -0.15) is 0 Å². The van der Waals surface area contributed by atoms with Gasteiger partial charge in [0.15, 0.2) is 0 Å². The van der Waals surface area contributed by atoms with E-state index in [0.717, 1.165) is 25.0 Å². The van der Waals surface area contributed by atoms with E-state index in [1.807, 2.05) is 0 Å². The monoisotopic (exact) mass is 185 g/mol. The second-order valence-corrected chi connectivity index (χ2v) is 4.36. The molecule has 0 aromatic rings. The van der Waals surface area contributed by atoms with Crippen molar-refractivity contribution >= 4 is 0 Å². The van der Waals surface area contributed by atoms with E-state index in [0.29, 0.717) is 6.04 Å². The van der Waals surface area contributed by atoms with Crippen LogP contribution in [0.4, 0.5) is 0 Å². The summed E-state index contributed by atoms with van der Waals surface area (Å²) in [7, 11) is 1.76. The van der Waals surface area contributed by atoms with Crippen LogP contribution in [0.1, 0.15) is 33.1 Å². The lowest BCUT2D eigenvalue weighted by Crippen LogP contribution is -2.43. The van der Waals surface area contributed by atoms with Crippen LogP contribution in [0.25, 0.3) is 0 Å². The van der Waals surface area contributed by atoms with Crippen molar-refractivity contribution in [3.05, 3.63) is 0 Å². The Bertz CT molecular complexity index is 128. The first-order valence-corrected chi connectivity index (χ1v) is 5.48. The van der Waals surface area contributed by atoms with Gasteiger partial charge in [0.25, 0.3) is 0 Å². The summed E-state index contributed by atoms with van der Waals surface area (Å²) in [5.41, 5.74) is 0. The summed E-state index contributed by atoms with van der Waals surface area (Å²) in [6.45, 7) is 6.55. The van der Waals surface area contributed by atoms with Crippen LogP contribution >= 0.6 is 0 Å². The van der Waals surface area contributed by atoms with Gasteiger partial charge in [-0.1, -0.05) is 20.3 Å². The Morgan fingerprint density at radius 1 is 1.23 bits per heavy atom. The van der Waals surface area contributed by atoms with Gasteiger partial charge in [0, 0.05) is 19.7 Å². The van der Waals surface area contributed by atoms with Crippen molar-refractivity contribution < 1.29 is 4.74 Å². The zero-order valence-corrected chi connectivity index (χ0v) is 9.18. The molecule has 0 aromatic carbocycles. The molecule has 0 amide bonds. The molecule has 0 heterocycles. The summed E-state index contributed by atoms with van der Waals surface area (Å²) in [6.07, 6.45) is 4.18. The van der Waals surface area contributed by atoms with Crippen molar-refractivity contribution in [2.75, 3.05) is 20.3 Å². The lowest BCUT2D eigenvalue weighted by atomic mass is 9.79. The molecule has 0 aromatic heterocycles. The van der Waals surface area contributed by atoms with E-state index < -0.39 is 0 Å². The molecule has 2 heteroatoms. The number of rotatable bonds is 4. The van der Waals surface area contributed by atoms with E-state index in [2.05, 4.69) is 19.2 Å². The Morgan fingerprint density at radius 3 is 2.38 bits per heavy atom. The van der Waals surface area contributed by atoms with Gasteiger partial charge in [-0.3, -0.25) is 0 Å². The van der Waals surface area contributed by atoms with Crippen molar-refractivity contribution in [1.29, 1.82) is 0 Å². The van der Waals surface area contributed by atoms with Gasteiger partial charge in [-0.15, -0.1) is 0 Å². The summed E-state index contributed by atoms with van der Waals surface area (Å²) in [5.74, 6) is 1.67. The maximum Gasteiger partial charge on any atom is 0.0587 e. The summed E-state index contributed by atoms with van der Waals surface area (Å²) in [5, 5.41) is 3.60. The highest BCUT2D eigenvalue weighted by molar-refractivity contribution is 4.82. The quantitative estimate of drug-likeness (QED) is 0.677. The zero-order chi connectivity index (χ0) is 9.68. The molecule has 1 aliphatic carbocycles. The highest BCUT2D eigenvalue weighted by Gasteiger charge is 2.26. The zero-order valence-electron chi connectivity index (χ0n) is 9.18. The first kappa shape index (κ1) is 11.0. The second kappa shape index (κ2) is 5.61. The van der Waals surface area contributed by atoms with Gasteiger partial charge < -0.3 is 10.1 Å². The topological polar surface area (TPSA) is 21.3 Å². The molecule has 0 bridgehead atoms. The van der Waals surface area contributed by atoms with Crippen LogP contribution in [0.3, 0.4) is 0 Å². The predicted octanol–water partition coefficient (Wildman–Crippen LogP) is 2.05. The van der Waals surface area contributed by atoms with Gasteiger partial charge in [-0.25, -0.2) is 0 Å². The average Bonchev–Trinajstić information content (AvgIpc) is 2.10. The number of nitrogens with one attached hydrogen (secondary N) is 1. The third-order valence-electron chi connectivity index (χ3n) is 3.23. The van der Waals surface area contributed by atoms with Crippen LogP contribution in [-0.2, 0) is 4.74 Å². The van der Waals surface area contributed by atoms with Crippen molar-refractivity contribution in [2.24, 2.45) is 11.8 Å². The molecule has 1 fully saturated rings. The average molecular weight is 185 g/mol. The Balaban J connectivity index is 2.26. The largest absolute Gasteiger partial charge is 0.383 e. The van der Waals surface area contributed by atoms with Crippen LogP contribution < -0.4 is 5.32 Å². The Hall–Kier alpha value is -0.0800. The van der Waals surface area contributed by atoms with Crippen LogP contribution in [-0.4, -0.2) is 26.3 Å². The number of ether oxygens (including phenoxy) is 1. The fraction of sp³-hybridized carbons (Fsp3) is 1.00. The lowest BCUT2D eigenvalue weighted by molar-refractivity contribution is 0.165. The summed E-state index contributed by atoms with van der Waals surface area (Å²) in [4.78, 5) is 0. The maximum absolute atomic E-state index is 5.04. The van der Waals surface area contributed by atoms with Gasteiger partial charge in [0.2, 0.25) is 0 Å². The number of hydrogen-bond acceptors (Lipinski definition) is 2. The highest BCUT2D eigenvalue weighted by Crippen LogP contribution is 2.28. The molecule has 1 aliphatic rings. The van der Waals surface area contributed by atoms with Gasteiger partial charge in [0.1, 0.15) is 0 Å². The molecule has 2 nitrogen and oxygen atoms in total. The molecule has 0 spiro atoms. The van der Waals surface area contributed by atoms with E-state index in [4.69, 9.17) is 4.74 Å². The minimum atomic E-state index is 0.712. The number of hydrogen-bond donors (Lipinski definition) is 1. The third kappa shape index (κ3) is 3.28. The summed E-state index contributed by atoms with van der Waals surface area (Å²) < 4.78 is 5.04. The highest BCUT2D eigenvalue weighted by atomic mass is 16.5. The first-order chi connectivity index (χ1) is 6.25. The molecule has 1 rings (SSSR count). The van der Waals surface area contributed by atoms with Gasteiger partial charge in [0.05, 0.1) is 6.61 Å². The standard InChI is InChI=1S/C11H23NO/c1-9-5-4-6-10(2)11(9)12-7-8-13-3/h9-12H,4-8H2,1-3H3/t9-,10-/m0/s1. The summed E-state index contributed by atoms with van der Waals surface area (Å²) in [6, 6.07) is 0.712. The molecule has 1 saturated carbocycles. The number of methoxy groups -OCH3 is 1. The SMILES string of the molecule is COCCNC1[C@@H](C)CCC[C@@H]1C. The molecule has 13 heavy (non-hydrogen) atoms. The van der Waals surface area contributed by atoms with Crippen molar-refractivity contribution in [1.82, 2.24) is 5.32 Å². The molecule has 0 aliphatic heterocycles. The van der Waals surface area contributed by atoms with E-state index in [1.54, 1.807) is 7.11 Å². The lowest BCUT2D eigenvalue weighted by Gasteiger charge is -2.35. The van der Waals surface area contributed by atoms with E-state index in [9.17, 15) is 0 Å². The van der Waals surface area contributed by atoms with Gasteiger partial charge in [-0.05, 0) is 24.7 Å². The fourth-order valence-corrected chi connectivity index (χ4v) is 2.41. The minimum Gasteiger partial charge on any atom is -0.383 e. The van der Waals surface area contributed by atoms with E-state index in [1.165, 1.54) is 19.3 Å². The minimum absolute atomic E-state index is 0.712. The van der Waals surface area contributed by atoms with Crippen LogP contribution in [0.2, 0.25) is 0 Å². The second-order valence-electron chi connectivity index (χ2n) is 4.36. The van der Waals surface area contributed by atoms with Gasteiger partial charge >= 0.3 is 0 Å². The molecule has 0 unspecified atom stereocenters. The molecule has 78 valence electrons.